The van der Waals surface area contributed by atoms with Gasteiger partial charge in [-0.3, -0.25) is 0 Å². The maximum Gasteiger partial charge on any atom is 0.160 e. The normalized spacial score (nSPS) is 15.6. The van der Waals surface area contributed by atoms with Crippen LogP contribution in [-0.2, 0) is 26.1 Å². The molecule has 0 bridgehead atoms. The summed E-state index contributed by atoms with van der Waals surface area (Å²) >= 11 is 0. The molecular formula is C34H62O5S2. The largest absolute Gasteiger partial charge is 0.395 e. The highest BCUT2D eigenvalue weighted by Crippen LogP contribution is 2.55. The zero-order valence-corrected chi connectivity index (χ0v) is 29.6. The van der Waals surface area contributed by atoms with Crippen molar-refractivity contribution in [3.63, 3.8) is 0 Å². The van der Waals surface area contributed by atoms with Crippen LogP contribution in [0.4, 0.5) is 0 Å². The summed E-state index contributed by atoms with van der Waals surface area (Å²) < 4.78 is 56.6. The first-order chi connectivity index (χ1) is 19.1. The summed E-state index contributed by atoms with van der Waals surface area (Å²) in [5.74, 6) is 0. The number of sulfone groups is 2. The molecule has 5 nitrogen and oxygen atoms in total. The monoisotopic (exact) mass is 614 g/mol. The summed E-state index contributed by atoms with van der Waals surface area (Å²) in [6.45, 7) is 19.4. The van der Waals surface area contributed by atoms with Gasteiger partial charge in [0.2, 0.25) is 0 Å². The minimum atomic E-state index is -3.78. The predicted octanol–water partition coefficient (Wildman–Crippen LogP) is 8.34. The molecule has 0 aliphatic heterocycles. The minimum Gasteiger partial charge on any atom is -0.395 e. The van der Waals surface area contributed by atoms with Gasteiger partial charge < -0.3 is 5.11 Å². The summed E-state index contributed by atoms with van der Waals surface area (Å²) in [6.07, 6.45) is 5.70. The maximum atomic E-state index is 15.3. The van der Waals surface area contributed by atoms with E-state index in [-0.39, 0.29) is 11.8 Å². The molecule has 0 heterocycles. The molecule has 2 unspecified atom stereocenters. The van der Waals surface area contributed by atoms with E-state index in [1.807, 2.05) is 71.9 Å². The third-order valence-electron chi connectivity index (χ3n) is 11.6. The van der Waals surface area contributed by atoms with Crippen LogP contribution in [0.25, 0.3) is 0 Å². The molecule has 0 amide bonds. The van der Waals surface area contributed by atoms with Gasteiger partial charge in [0.05, 0.1) is 26.6 Å². The number of rotatable bonds is 20. The Morgan fingerprint density at radius 2 is 1.12 bits per heavy atom. The first kappa shape index (κ1) is 38.1. The lowest BCUT2D eigenvalue weighted by Crippen LogP contribution is -2.59. The van der Waals surface area contributed by atoms with Crippen molar-refractivity contribution in [2.45, 2.75) is 160 Å². The fourth-order valence-electron chi connectivity index (χ4n) is 7.41. The standard InChI is InChI=1S/C34H62O5S2/c1-11-31(9,12-2)25-29(24-28-22-20-19-21-23-28)41(38,39)34(17-7,18-8)33(15-5,16-6)26-30(27-35)40(36,37)32(10,13-3)14-4/h19-23,29-30,35H,11-18,24-27H2,1-10H3. The molecule has 240 valence electrons. The SMILES string of the molecule is CCC(C)(CC)CC(Cc1ccccc1)S(=O)(=O)C(CC)(CC)C(CC)(CC)CC(CO)S(=O)(=O)C(C)(CC)CC. The molecule has 0 aliphatic carbocycles. The molecule has 2 atom stereocenters. The molecule has 0 saturated heterocycles. The third kappa shape index (κ3) is 7.25. The van der Waals surface area contributed by atoms with E-state index in [2.05, 4.69) is 20.8 Å². The Kier molecular flexibility index (Phi) is 14.1. The van der Waals surface area contributed by atoms with Gasteiger partial charge >= 0.3 is 0 Å². The summed E-state index contributed by atoms with van der Waals surface area (Å²) in [5.41, 5.74) is 0.0805. The highest BCUT2D eigenvalue weighted by atomic mass is 32.2. The van der Waals surface area contributed by atoms with Crippen LogP contribution in [0.3, 0.4) is 0 Å². The average molecular weight is 615 g/mol. The maximum absolute atomic E-state index is 15.3. The number of hydrogen-bond donors (Lipinski definition) is 1. The smallest absolute Gasteiger partial charge is 0.160 e. The first-order valence-electron chi connectivity index (χ1n) is 16.2. The Morgan fingerprint density at radius 3 is 1.49 bits per heavy atom. The molecular weight excluding hydrogens is 553 g/mol. The molecule has 0 fully saturated rings. The molecule has 1 aromatic rings. The van der Waals surface area contributed by atoms with Gasteiger partial charge in [-0.2, -0.15) is 0 Å². The Balaban J connectivity index is 3.94. The van der Waals surface area contributed by atoms with E-state index in [0.29, 0.717) is 51.4 Å². The molecule has 1 rings (SSSR count). The lowest BCUT2D eigenvalue weighted by molar-refractivity contribution is 0.123. The first-order valence-corrected chi connectivity index (χ1v) is 19.3. The topological polar surface area (TPSA) is 88.5 Å². The minimum absolute atomic E-state index is 0.123. The second kappa shape index (κ2) is 15.2. The predicted molar refractivity (Wildman–Crippen MR) is 176 cm³/mol. The molecule has 0 aromatic heterocycles. The van der Waals surface area contributed by atoms with E-state index >= 15 is 8.42 Å². The van der Waals surface area contributed by atoms with Gasteiger partial charge in [0, 0.05) is 0 Å². The fourth-order valence-corrected chi connectivity index (χ4v) is 13.2. The van der Waals surface area contributed by atoms with Crippen molar-refractivity contribution >= 4 is 19.7 Å². The second-order valence-corrected chi connectivity index (χ2v) is 18.3. The number of aliphatic hydroxyl groups is 1. The lowest BCUT2D eigenvalue weighted by Gasteiger charge is -2.52. The van der Waals surface area contributed by atoms with Gasteiger partial charge in [-0.15, -0.1) is 0 Å². The van der Waals surface area contributed by atoms with Crippen molar-refractivity contribution in [1.29, 1.82) is 0 Å². The van der Waals surface area contributed by atoms with Crippen molar-refractivity contribution in [1.82, 2.24) is 0 Å². The molecule has 0 aliphatic rings. The Morgan fingerprint density at radius 1 is 0.634 bits per heavy atom. The van der Waals surface area contributed by atoms with Crippen LogP contribution in [0.2, 0.25) is 0 Å². The highest BCUT2D eigenvalue weighted by molar-refractivity contribution is 7.93. The second-order valence-electron chi connectivity index (χ2n) is 13.0. The number of hydrogen-bond acceptors (Lipinski definition) is 5. The summed E-state index contributed by atoms with van der Waals surface area (Å²) in [4.78, 5) is 0. The number of benzene rings is 1. The quantitative estimate of drug-likeness (QED) is 0.159. The summed E-state index contributed by atoms with van der Waals surface area (Å²) in [6, 6.07) is 9.89. The van der Waals surface area contributed by atoms with Gasteiger partial charge in [-0.1, -0.05) is 105 Å². The van der Waals surface area contributed by atoms with E-state index in [1.54, 1.807) is 6.92 Å². The Hall–Kier alpha value is -0.920. The van der Waals surface area contributed by atoms with Crippen LogP contribution in [0.15, 0.2) is 30.3 Å². The molecule has 41 heavy (non-hydrogen) atoms. The van der Waals surface area contributed by atoms with Gasteiger partial charge in [-0.25, -0.2) is 16.8 Å². The molecule has 1 aromatic carbocycles. The van der Waals surface area contributed by atoms with Crippen LogP contribution in [0.5, 0.6) is 0 Å². The number of aliphatic hydroxyl groups excluding tert-OH is 1. The average Bonchev–Trinajstić information content (AvgIpc) is 2.98. The van der Waals surface area contributed by atoms with E-state index in [0.717, 1.165) is 18.4 Å². The van der Waals surface area contributed by atoms with Gasteiger partial charge in [0.15, 0.2) is 19.7 Å². The van der Waals surface area contributed by atoms with Gasteiger partial charge in [0.25, 0.3) is 0 Å². The fraction of sp³-hybridized carbons (Fsp3) is 0.824. The van der Waals surface area contributed by atoms with Crippen LogP contribution in [-0.4, -0.2) is 48.5 Å². The van der Waals surface area contributed by atoms with Crippen molar-refractivity contribution in [2.75, 3.05) is 6.61 Å². The molecule has 0 spiro atoms. The van der Waals surface area contributed by atoms with Crippen molar-refractivity contribution in [3.05, 3.63) is 35.9 Å². The van der Waals surface area contributed by atoms with E-state index in [1.165, 1.54) is 0 Å². The Labute approximate surface area is 254 Å². The van der Waals surface area contributed by atoms with Crippen LogP contribution in [0, 0.1) is 10.8 Å². The van der Waals surface area contributed by atoms with E-state index in [4.69, 9.17) is 0 Å². The summed E-state index contributed by atoms with van der Waals surface area (Å²) in [7, 11) is -7.52. The van der Waals surface area contributed by atoms with Crippen molar-refractivity contribution < 1.29 is 21.9 Å². The van der Waals surface area contributed by atoms with E-state index in [9.17, 15) is 13.5 Å². The Bertz CT molecular complexity index is 1110. The zero-order valence-electron chi connectivity index (χ0n) is 27.9. The highest BCUT2D eigenvalue weighted by Gasteiger charge is 2.59. The third-order valence-corrected chi connectivity index (χ3v) is 18.1. The van der Waals surface area contributed by atoms with Crippen LogP contribution < -0.4 is 0 Å². The molecule has 7 heteroatoms. The zero-order chi connectivity index (χ0) is 31.8. The lowest BCUT2D eigenvalue weighted by atomic mass is 9.65. The molecule has 1 N–H and O–H groups in total. The van der Waals surface area contributed by atoms with Crippen molar-refractivity contribution in [3.8, 4) is 0 Å². The van der Waals surface area contributed by atoms with E-state index < -0.39 is 51.7 Å². The van der Waals surface area contributed by atoms with Crippen molar-refractivity contribution in [2.24, 2.45) is 10.8 Å². The molecule has 0 radical (unpaired) electrons. The molecule has 0 saturated carbocycles. The summed E-state index contributed by atoms with van der Waals surface area (Å²) in [5, 5.41) is 8.98. The van der Waals surface area contributed by atoms with Gasteiger partial charge in [0.1, 0.15) is 0 Å². The van der Waals surface area contributed by atoms with Crippen LogP contribution in [0.1, 0.15) is 139 Å². The van der Waals surface area contributed by atoms with Crippen LogP contribution >= 0.6 is 0 Å². The van der Waals surface area contributed by atoms with Gasteiger partial charge in [-0.05, 0) is 81.1 Å².